The fourth-order valence-corrected chi connectivity index (χ4v) is 36.9. The number of rotatable bonds is 55. The Kier molecular flexibility index (Phi) is 77.9. The number of phosphoric ester groups is 1. The van der Waals surface area contributed by atoms with Gasteiger partial charge in [-0.05, 0) is 234 Å². The summed E-state index contributed by atoms with van der Waals surface area (Å²) in [5, 5.41) is 20.5. The number of carbonyl (C=O) groups is 2. The zero-order valence-corrected chi connectivity index (χ0v) is 99.6. The number of nitrogens with zero attached hydrogens (tertiary/aromatic N) is 3. The molecular formula is C75H134N5O29P9S14. The van der Waals surface area contributed by atoms with Gasteiger partial charge in [0.1, 0.15) is 23.0 Å². The van der Waals surface area contributed by atoms with Crippen LogP contribution in [0, 0.1) is 30.9 Å². The number of nitro groups is 1. The molecule has 2 amide bonds. The number of hydrogen-bond donors (Lipinski definition) is 2. The van der Waals surface area contributed by atoms with Crippen LogP contribution in [-0.2, 0) is 183 Å². The maximum Gasteiger partial charge on any atom is 0.529 e. The van der Waals surface area contributed by atoms with E-state index in [2.05, 4.69) is 31.5 Å². The van der Waals surface area contributed by atoms with Crippen molar-refractivity contribution < 1.29 is 128 Å². The van der Waals surface area contributed by atoms with Gasteiger partial charge in [0.05, 0.1) is 81.3 Å². The summed E-state index contributed by atoms with van der Waals surface area (Å²) in [7, 11) is 9.05. The monoisotopic (exact) mass is 2300 g/mol. The molecule has 4 aromatic carbocycles. The maximum atomic E-state index is 12.5. The van der Waals surface area contributed by atoms with E-state index in [9.17, 15) is 28.8 Å². The van der Waals surface area contributed by atoms with E-state index in [0.717, 1.165) is 33.9 Å². The Balaban J connectivity index is -0.00000145. The van der Waals surface area contributed by atoms with E-state index in [4.69, 9.17) is 178 Å². The summed E-state index contributed by atoms with van der Waals surface area (Å²) in [5.41, 5.74) is -5.11. The van der Waals surface area contributed by atoms with Crippen molar-refractivity contribution in [2.24, 2.45) is 0 Å². The molecule has 0 fully saturated rings. The molecule has 0 saturated heterocycles. The van der Waals surface area contributed by atoms with E-state index < -0.39 is 63.4 Å². The van der Waals surface area contributed by atoms with Crippen LogP contribution in [0.15, 0.2) is 117 Å². The van der Waals surface area contributed by atoms with Crippen LogP contribution in [0.4, 0.5) is 5.69 Å². The molecule has 762 valence electrons. The lowest BCUT2D eigenvalue weighted by Crippen LogP contribution is -2.23. The van der Waals surface area contributed by atoms with Crippen molar-refractivity contribution in [3.63, 3.8) is 0 Å². The number of likely N-dealkylation sites (N-methyl/N-ethyl adjacent to an activating group) is 1. The van der Waals surface area contributed by atoms with Gasteiger partial charge in [-0.2, -0.15) is 11.8 Å². The minimum atomic E-state index is -3.56. The average Bonchev–Trinajstić information content (AvgIpc) is 1.57. The first-order chi connectivity index (χ1) is 62.1. The zero-order valence-electron chi connectivity index (χ0n) is 80.1. The molecule has 5 rings (SSSR count). The van der Waals surface area contributed by atoms with Gasteiger partial charge in [0.2, 0.25) is 34.6 Å². The Morgan fingerprint density at radius 1 is 0.515 bits per heavy atom. The van der Waals surface area contributed by atoms with Gasteiger partial charge in [0.25, 0.3) is 11.6 Å². The van der Waals surface area contributed by atoms with E-state index in [1.165, 1.54) is 137 Å². The highest BCUT2D eigenvalue weighted by Crippen LogP contribution is 2.68. The SMILES string of the molecule is CCOP(=O)(NC(C)C)Oc1ccc(SC)c(C)c1.CCOP(=S)(OCC)Oc1cc(-c2ccccc2)on1.CCOP(=S)(OCC)SCCSCC.CCOP(=S)(OCC)SCSP(=S)(OCC)OCC.CNC(=O)CSP(=S)(OC)OC.COP(=O)(OC)O/C(C)=C/C(=O)N(C)C.COP(=S)(OC)Oc1ccc(SC)c(C)c1.COP(=S)(OC)Oc1ccc([N+](=O)[O-])c(C)c1. The smallest absolute Gasteiger partial charge is 0.424 e. The highest BCUT2D eigenvalue weighted by atomic mass is 32.9. The lowest BCUT2D eigenvalue weighted by atomic mass is 10.2. The zero-order chi connectivity index (χ0) is 101. The van der Waals surface area contributed by atoms with E-state index in [1.54, 1.807) is 76.0 Å². The lowest BCUT2D eigenvalue weighted by Gasteiger charge is -2.23. The first-order valence-corrected chi connectivity index (χ1v) is 71.0. The molecule has 0 aliphatic heterocycles. The summed E-state index contributed by atoms with van der Waals surface area (Å²) in [4.78, 5) is 36.0. The topological polar surface area (TPSA) is 368 Å². The van der Waals surface area contributed by atoms with Gasteiger partial charge >= 0.3 is 35.7 Å². The highest BCUT2D eigenvalue weighted by Gasteiger charge is 2.31. The van der Waals surface area contributed by atoms with Crippen molar-refractivity contribution in [2.75, 3.05) is 178 Å². The molecule has 57 heteroatoms. The molecule has 0 spiro atoms. The van der Waals surface area contributed by atoms with Crippen LogP contribution in [-0.4, -0.2) is 211 Å². The number of phosphoric acid groups is 1. The Labute approximate surface area is 848 Å². The normalized spacial score (nSPS) is 12.2. The predicted molar refractivity (Wildman–Crippen MR) is 578 cm³/mol. The van der Waals surface area contributed by atoms with Crippen LogP contribution < -0.4 is 28.5 Å². The maximum absolute atomic E-state index is 12.5. The number of thioether (sulfide) groups is 3. The van der Waals surface area contributed by atoms with Gasteiger partial charge in [-0.1, -0.05) is 82.8 Å². The van der Waals surface area contributed by atoms with Crippen LogP contribution >= 0.6 is 139 Å². The van der Waals surface area contributed by atoms with Gasteiger partial charge < -0.3 is 91.6 Å². The van der Waals surface area contributed by atoms with Crippen molar-refractivity contribution >= 4 is 239 Å². The molecular weight excluding hydrogens is 2160 g/mol. The second kappa shape index (κ2) is 75.6. The van der Waals surface area contributed by atoms with E-state index in [-0.39, 0.29) is 40.9 Å². The number of aromatic nitrogens is 1. The van der Waals surface area contributed by atoms with E-state index in [1.807, 2.05) is 174 Å². The minimum Gasteiger partial charge on any atom is -0.424 e. The number of amides is 2. The third kappa shape index (κ3) is 60.5. The number of allylic oxidation sites excluding steroid dienone is 1. The largest absolute Gasteiger partial charge is 0.529 e. The van der Waals surface area contributed by atoms with Crippen LogP contribution in [0.2, 0.25) is 0 Å². The van der Waals surface area contributed by atoms with E-state index >= 15 is 0 Å². The molecule has 0 saturated carbocycles. The average molecular weight is 2300 g/mol. The quantitative estimate of drug-likeness (QED) is 0.00533. The molecule has 5 aromatic rings. The predicted octanol–water partition coefficient (Wildman–Crippen LogP) is 25.8. The molecule has 0 aliphatic carbocycles. The van der Waals surface area contributed by atoms with Gasteiger partial charge in [0, 0.05) is 164 Å². The number of benzene rings is 4. The molecule has 0 bridgehead atoms. The van der Waals surface area contributed by atoms with Crippen molar-refractivity contribution in [2.45, 2.75) is 127 Å². The Morgan fingerprint density at radius 2 is 0.924 bits per heavy atom. The molecule has 0 radical (unpaired) electrons. The first-order valence-electron chi connectivity index (χ1n) is 39.8. The Hall–Kier alpha value is -0.0900. The van der Waals surface area contributed by atoms with Gasteiger partial charge in [0.15, 0.2) is 5.76 Å². The molecule has 0 aliphatic rings. The number of nitrogens with one attached hydrogen (secondary N) is 2. The highest BCUT2D eigenvalue weighted by molar-refractivity contribution is 8.76. The summed E-state index contributed by atoms with van der Waals surface area (Å²) >= 11 is 47.9. The number of nitro benzene ring substituents is 1. The fourth-order valence-electron chi connectivity index (χ4n) is 8.37. The second-order valence-electron chi connectivity index (χ2n) is 24.2. The molecule has 1 heterocycles. The second-order valence-corrected chi connectivity index (χ2v) is 66.0. The van der Waals surface area contributed by atoms with Gasteiger partial charge in [-0.25, -0.2) is 14.2 Å². The third-order valence-electron chi connectivity index (χ3n) is 14.1. The lowest BCUT2D eigenvalue weighted by molar-refractivity contribution is -0.385. The van der Waals surface area contributed by atoms with Crippen molar-refractivity contribution in [1.29, 1.82) is 0 Å². The van der Waals surface area contributed by atoms with Crippen molar-refractivity contribution in [1.82, 2.24) is 20.5 Å². The first kappa shape index (κ1) is 136. The Morgan fingerprint density at radius 3 is 1.27 bits per heavy atom. The van der Waals surface area contributed by atoms with Crippen molar-refractivity contribution in [3.8, 4) is 34.5 Å². The van der Waals surface area contributed by atoms with E-state index in [0.29, 0.717) is 93.1 Å². The van der Waals surface area contributed by atoms with Crippen molar-refractivity contribution in [3.05, 3.63) is 130 Å². The van der Waals surface area contributed by atoms with Crippen LogP contribution in [0.3, 0.4) is 0 Å². The third-order valence-corrected chi connectivity index (χ3v) is 50.9. The number of hydrogen-bond acceptors (Lipinski definition) is 44. The summed E-state index contributed by atoms with van der Waals surface area (Å²) in [6.07, 6.45) is 5.26. The minimum absolute atomic E-state index is 0.0175. The molecule has 132 heavy (non-hydrogen) atoms. The van der Waals surface area contributed by atoms with Gasteiger partial charge in [-0.15, -0.1) is 23.5 Å². The van der Waals surface area contributed by atoms with Gasteiger partial charge in [-0.3, -0.25) is 42.3 Å². The Bertz CT molecular complexity index is 4490. The molecule has 1 aromatic heterocycles. The number of carbonyl (C=O) groups excluding carboxylic acids is 2. The van der Waals surface area contributed by atoms with Crippen LogP contribution in [0.25, 0.3) is 11.3 Å². The summed E-state index contributed by atoms with van der Waals surface area (Å²) in [5.74, 6) is 5.90. The molecule has 34 nitrogen and oxygen atoms in total. The number of aryl methyl sites for hydroxylation is 3. The summed E-state index contributed by atoms with van der Waals surface area (Å²) < 4.78 is 144. The fraction of sp³-hybridized carbons (Fsp3) is 0.587. The standard InChI is InChI=1S/C13H16NO4PS.C13H22NO3PS.C10H15O3PS2.C9H12NO5PS.C9H22O4P2S4.C8H16NO5P.C8H19O2PS3.C5H12NO3PS2/c1-3-15-19(20,16-4-2)18-13-10-12(17-14-13)11-8-6-5-7-9-11;1-6-16-18(15,14-10(2)3)17-12-7-8-13(19-5)11(4)9-12;1-8-7-9(5-6-10(8)16-4)13-14(15,11-2)12-3;1-7-6-8(4-5-9(7)10(11)12)15-16(17,13-2)14-3;1-5-10-14(16,11-6-2)18-9-19-15(17,12-7-3)13-8-4;1-7(6-8(10)9(2)3)14-15(11,12-4)13-5;1-4-9-11(12,10-5-2)14-8-7-13-6-3;1-6-5(7)4-12-10(11,8-2)9-3/h5-10H,3-4H2,1-2H3;7-10H,6H2,1-5H3,(H,14,15);5-7H,1-4H3;4-6H,1-3H3;5-9H2,1-4H3;6H,1-5H3;4-8H2,1-3H3;4H2,1-3H3,(H,6,7)/b;;;;;7-6+;;. The molecule has 1 unspecified atom stereocenters. The van der Waals surface area contributed by atoms with Crippen LogP contribution in [0.5, 0.6) is 23.1 Å². The molecule has 2 N–H and O–H groups in total. The summed E-state index contributed by atoms with van der Waals surface area (Å²) in [6, 6.07) is 27.1. The summed E-state index contributed by atoms with van der Waals surface area (Å²) in [6.45, 7) is 26.6. The van der Waals surface area contributed by atoms with Crippen LogP contribution in [0.1, 0.15) is 107 Å². The molecule has 1 atom stereocenters.